The van der Waals surface area contributed by atoms with E-state index in [1.807, 2.05) is 0 Å². The SMILES string of the molecule is CC(C)c1ccc2c(c1)C1(CCNC1)C(=O)N2. The molecule has 0 aliphatic carbocycles. The summed E-state index contributed by atoms with van der Waals surface area (Å²) in [6, 6.07) is 6.38. The highest BCUT2D eigenvalue weighted by Gasteiger charge is 2.48. The number of amides is 1. The molecule has 1 amide bonds. The smallest absolute Gasteiger partial charge is 0.236 e. The molecule has 1 spiro atoms. The highest BCUT2D eigenvalue weighted by molar-refractivity contribution is 6.06. The summed E-state index contributed by atoms with van der Waals surface area (Å²) in [6.07, 6.45) is 0.910. The van der Waals surface area contributed by atoms with Gasteiger partial charge in [-0.3, -0.25) is 4.79 Å². The van der Waals surface area contributed by atoms with Gasteiger partial charge in [0.05, 0.1) is 5.41 Å². The Morgan fingerprint density at radius 2 is 2.18 bits per heavy atom. The van der Waals surface area contributed by atoms with Gasteiger partial charge >= 0.3 is 0 Å². The lowest BCUT2D eigenvalue weighted by atomic mass is 9.80. The zero-order valence-corrected chi connectivity index (χ0v) is 10.3. The van der Waals surface area contributed by atoms with E-state index in [4.69, 9.17) is 0 Å². The van der Waals surface area contributed by atoms with E-state index in [0.29, 0.717) is 5.92 Å². The van der Waals surface area contributed by atoms with Crippen LogP contribution < -0.4 is 10.6 Å². The molecular weight excluding hydrogens is 212 g/mol. The number of fused-ring (bicyclic) bond motifs is 2. The number of nitrogens with one attached hydrogen (secondary N) is 2. The molecular formula is C14H18N2O. The summed E-state index contributed by atoms with van der Waals surface area (Å²) < 4.78 is 0. The van der Waals surface area contributed by atoms with E-state index >= 15 is 0 Å². The standard InChI is InChI=1S/C14H18N2O/c1-9(2)10-3-4-12-11(7-10)14(13(17)16-12)5-6-15-8-14/h3-4,7,9,15H,5-6,8H2,1-2H3,(H,16,17). The number of anilines is 1. The van der Waals surface area contributed by atoms with Gasteiger partial charge in [-0.1, -0.05) is 26.0 Å². The van der Waals surface area contributed by atoms with E-state index in [1.54, 1.807) is 0 Å². The zero-order valence-electron chi connectivity index (χ0n) is 10.3. The van der Waals surface area contributed by atoms with Gasteiger partial charge in [-0.2, -0.15) is 0 Å². The lowest BCUT2D eigenvalue weighted by molar-refractivity contribution is -0.120. The van der Waals surface area contributed by atoms with Gasteiger partial charge < -0.3 is 10.6 Å². The van der Waals surface area contributed by atoms with Gasteiger partial charge in [0.15, 0.2) is 0 Å². The van der Waals surface area contributed by atoms with Crippen LogP contribution in [0, 0.1) is 0 Å². The van der Waals surface area contributed by atoms with Crippen molar-refractivity contribution < 1.29 is 4.79 Å². The molecule has 3 heteroatoms. The van der Waals surface area contributed by atoms with Crippen molar-refractivity contribution in [1.29, 1.82) is 0 Å². The Balaban J connectivity index is 2.13. The van der Waals surface area contributed by atoms with E-state index < -0.39 is 0 Å². The lowest BCUT2D eigenvalue weighted by Crippen LogP contribution is -2.36. The Kier molecular flexibility index (Phi) is 2.26. The molecule has 1 unspecified atom stereocenters. The molecule has 0 bridgehead atoms. The number of rotatable bonds is 1. The number of benzene rings is 1. The van der Waals surface area contributed by atoms with Gasteiger partial charge in [-0.25, -0.2) is 0 Å². The first-order valence-corrected chi connectivity index (χ1v) is 6.30. The highest BCUT2D eigenvalue weighted by atomic mass is 16.2. The quantitative estimate of drug-likeness (QED) is 0.774. The van der Waals surface area contributed by atoms with E-state index in [0.717, 1.165) is 25.2 Å². The predicted molar refractivity (Wildman–Crippen MR) is 68.3 cm³/mol. The van der Waals surface area contributed by atoms with Crippen LogP contribution in [-0.4, -0.2) is 19.0 Å². The molecule has 2 heterocycles. The average molecular weight is 230 g/mol. The first-order chi connectivity index (χ1) is 8.13. The van der Waals surface area contributed by atoms with Crippen molar-refractivity contribution >= 4 is 11.6 Å². The largest absolute Gasteiger partial charge is 0.325 e. The molecule has 2 aliphatic heterocycles. The summed E-state index contributed by atoms with van der Waals surface area (Å²) >= 11 is 0. The molecule has 2 N–H and O–H groups in total. The van der Waals surface area contributed by atoms with Crippen molar-refractivity contribution in [3.8, 4) is 0 Å². The summed E-state index contributed by atoms with van der Waals surface area (Å²) in [6.45, 7) is 6.07. The lowest BCUT2D eigenvalue weighted by Gasteiger charge is -2.20. The average Bonchev–Trinajstić information content (AvgIpc) is 2.88. The van der Waals surface area contributed by atoms with Crippen molar-refractivity contribution in [2.75, 3.05) is 18.4 Å². The first kappa shape index (κ1) is 10.8. The Bertz CT molecular complexity index is 473. The van der Waals surface area contributed by atoms with Crippen LogP contribution in [0.5, 0.6) is 0 Å². The zero-order chi connectivity index (χ0) is 12.0. The van der Waals surface area contributed by atoms with Crippen LogP contribution in [0.3, 0.4) is 0 Å². The Labute approximate surface area is 102 Å². The minimum Gasteiger partial charge on any atom is -0.325 e. The second kappa shape index (κ2) is 3.57. The van der Waals surface area contributed by atoms with E-state index in [-0.39, 0.29) is 11.3 Å². The number of carbonyl (C=O) groups excluding carboxylic acids is 1. The van der Waals surface area contributed by atoms with Crippen molar-refractivity contribution in [1.82, 2.24) is 5.32 Å². The highest BCUT2D eigenvalue weighted by Crippen LogP contribution is 2.42. The second-order valence-electron chi connectivity index (χ2n) is 5.42. The number of carbonyl (C=O) groups is 1. The molecule has 17 heavy (non-hydrogen) atoms. The minimum absolute atomic E-state index is 0.165. The predicted octanol–water partition coefficient (Wildman–Crippen LogP) is 1.99. The van der Waals surface area contributed by atoms with E-state index in [9.17, 15) is 4.79 Å². The molecule has 1 saturated heterocycles. The molecule has 2 aliphatic rings. The van der Waals surface area contributed by atoms with Gasteiger partial charge in [0.25, 0.3) is 0 Å². The molecule has 1 atom stereocenters. The van der Waals surface area contributed by atoms with Gasteiger partial charge in [0.1, 0.15) is 0 Å². The fourth-order valence-corrected chi connectivity index (χ4v) is 2.91. The third-order valence-corrected chi connectivity index (χ3v) is 4.06. The van der Waals surface area contributed by atoms with Crippen LogP contribution in [0.1, 0.15) is 37.3 Å². The van der Waals surface area contributed by atoms with Crippen molar-refractivity contribution in [3.05, 3.63) is 29.3 Å². The van der Waals surface area contributed by atoms with Crippen molar-refractivity contribution in [2.45, 2.75) is 31.6 Å². The minimum atomic E-state index is -0.305. The van der Waals surface area contributed by atoms with Gasteiger partial charge in [-0.15, -0.1) is 0 Å². The van der Waals surface area contributed by atoms with Crippen molar-refractivity contribution in [2.24, 2.45) is 0 Å². The number of hydrogen-bond donors (Lipinski definition) is 2. The van der Waals surface area contributed by atoms with Crippen LogP contribution in [-0.2, 0) is 10.2 Å². The molecule has 0 saturated carbocycles. The van der Waals surface area contributed by atoms with Crippen LogP contribution in [0.2, 0.25) is 0 Å². The summed E-state index contributed by atoms with van der Waals surface area (Å²) in [7, 11) is 0. The fraction of sp³-hybridized carbons (Fsp3) is 0.500. The van der Waals surface area contributed by atoms with Gasteiger partial charge in [0, 0.05) is 12.2 Å². The van der Waals surface area contributed by atoms with Crippen molar-refractivity contribution in [3.63, 3.8) is 0 Å². The second-order valence-corrected chi connectivity index (χ2v) is 5.42. The molecule has 0 radical (unpaired) electrons. The molecule has 1 fully saturated rings. The molecule has 1 aromatic rings. The normalized spacial score (nSPS) is 26.6. The monoisotopic (exact) mass is 230 g/mol. The third kappa shape index (κ3) is 1.42. The Hall–Kier alpha value is -1.35. The molecule has 3 rings (SSSR count). The Morgan fingerprint density at radius 3 is 2.82 bits per heavy atom. The Morgan fingerprint density at radius 1 is 1.35 bits per heavy atom. The van der Waals surface area contributed by atoms with Crippen LogP contribution in [0.25, 0.3) is 0 Å². The topological polar surface area (TPSA) is 41.1 Å². The summed E-state index contributed by atoms with van der Waals surface area (Å²) in [4.78, 5) is 12.2. The summed E-state index contributed by atoms with van der Waals surface area (Å²) in [5.74, 6) is 0.667. The number of hydrogen-bond acceptors (Lipinski definition) is 2. The maximum absolute atomic E-state index is 12.2. The van der Waals surface area contributed by atoms with E-state index in [2.05, 4.69) is 42.7 Å². The third-order valence-electron chi connectivity index (χ3n) is 4.06. The van der Waals surface area contributed by atoms with Gasteiger partial charge in [-0.05, 0) is 36.1 Å². The van der Waals surface area contributed by atoms with Crippen LogP contribution in [0.15, 0.2) is 18.2 Å². The molecule has 1 aromatic carbocycles. The van der Waals surface area contributed by atoms with Crippen LogP contribution in [0.4, 0.5) is 5.69 Å². The molecule has 3 nitrogen and oxygen atoms in total. The van der Waals surface area contributed by atoms with Gasteiger partial charge in [0.2, 0.25) is 5.91 Å². The first-order valence-electron chi connectivity index (χ1n) is 6.30. The summed E-state index contributed by atoms with van der Waals surface area (Å²) in [5, 5.41) is 6.33. The van der Waals surface area contributed by atoms with Crippen LogP contribution >= 0.6 is 0 Å². The van der Waals surface area contributed by atoms with E-state index in [1.165, 1.54) is 11.1 Å². The maximum atomic E-state index is 12.2. The molecule has 90 valence electrons. The maximum Gasteiger partial charge on any atom is 0.236 e. The summed E-state index contributed by atoms with van der Waals surface area (Å²) in [5.41, 5.74) is 3.20. The fourth-order valence-electron chi connectivity index (χ4n) is 2.91. The molecule has 0 aromatic heterocycles.